The minimum absolute atomic E-state index is 0.0628. The van der Waals surface area contributed by atoms with Crippen molar-refractivity contribution >= 4 is 45.6 Å². The molecule has 1 unspecified atom stereocenters. The number of hydrogen-bond acceptors (Lipinski definition) is 7. The number of anilines is 2. The summed E-state index contributed by atoms with van der Waals surface area (Å²) < 4.78 is 0. The number of nitrogens with one attached hydrogen (secondary N) is 2. The fraction of sp³-hybridized carbons (Fsp3) is 0.522. The van der Waals surface area contributed by atoms with Crippen molar-refractivity contribution in [3.63, 3.8) is 0 Å². The molecule has 2 amide bonds. The SMILES string of the molecule is CN1CCCC1CCNC(=O)CN1CCN(C(=O)c2csc(Nc3ccc(Cl)cc3)n2)CC1. The van der Waals surface area contributed by atoms with Crippen LogP contribution in [0, 0.1) is 0 Å². The molecule has 0 bridgehead atoms. The third-order valence-electron chi connectivity index (χ3n) is 6.32. The second kappa shape index (κ2) is 11.3. The molecule has 3 heterocycles. The first-order valence-corrected chi connectivity index (χ1v) is 12.7. The van der Waals surface area contributed by atoms with Gasteiger partial charge in [-0.2, -0.15) is 0 Å². The molecule has 0 aliphatic carbocycles. The number of benzene rings is 1. The largest absolute Gasteiger partial charge is 0.355 e. The number of carbonyl (C=O) groups is 2. The Labute approximate surface area is 203 Å². The first kappa shape index (κ1) is 23.9. The van der Waals surface area contributed by atoms with E-state index in [0.29, 0.717) is 54.6 Å². The van der Waals surface area contributed by atoms with E-state index in [9.17, 15) is 9.59 Å². The molecule has 1 aromatic heterocycles. The van der Waals surface area contributed by atoms with Crippen molar-refractivity contribution in [1.82, 2.24) is 25.0 Å². The van der Waals surface area contributed by atoms with Crippen LogP contribution in [-0.4, -0.2) is 90.4 Å². The van der Waals surface area contributed by atoms with Crippen LogP contribution in [0.4, 0.5) is 10.8 Å². The molecule has 0 spiro atoms. The van der Waals surface area contributed by atoms with Crippen molar-refractivity contribution in [3.05, 3.63) is 40.4 Å². The molecule has 2 aliphatic rings. The van der Waals surface area contributed by atoms with Crippen molar-refractivity contribution in [2.75, 3.05) is 58.2 Å². The van der Waals surface area contributed by atoms with E-state index in [-0.39, 0.29) is 11.8 Å². The maximum Gasteiger partial charge on any atom is 0.273 e. The van der Waals surface area contributed by atoms with Crippen LogP contribution in [0.15, 0.2) is 29.6 Å². The molecule has 33 heavy (non-hydrogen) atoms. The highest BCUT2D eigenvalue weighted by Crippen LogP contribution is 2.23. The molecule has 1 aromatic carbocycles. The average molecular weight is 491 g/mol. The molecule has 2 N–H and O–H groups in total. The number of aromatic nitrogens is 1. The normalized spacial score (nSPS) is 19.6. The van der Waals surface area contributed by atoms with Crippen molar-refractivity contribution in [1.29, 1.82) is 0 Å². The summed E-state index contributed by atoms with van der Waals surface area (Å²) in [5.74, 6) is -0.00645. The summed E-state index contributed by atoms with van der Waals surface area (Å²) in [6, 6.07) is 7.93. The second-order valence-electron chi connectivity index (χ2n) is 8.65. The molecule has 4 rings (SSSR count). The van der Waals surface area contributed by atoms with Crippen LogP contribution in [0.5, 0.6) is 0 Å². The van der Waals surface area contributed by atoms with Gasteiger partial charge in [0.1, 0.15) is 5.69 Å². The average Bonchev–Trinajstić information content (AvgIpc) is 3.44. The third kappa shape index (κ3) is 6.66. The van der Waals surface area contributed by atoms with Crippen LogP contribution in [-0.2, 0) is 4.79 Å². The van der Waals surface area contributed by atoms with Crippen LogP contribution < -0.4 is 10.6 Å². The maximum absolute atomic E-state index is 12.9. The zero-order chi connectivity index (χ0) is 23.2. The Balaban J connectivity index is 1.18. The van der Waals surface area contributed by atoms with E-state index in [1.54, 1.807) is 17.5 Å². The molecule has 8 nitrogen and oxygen atoms in total. The van der Waals surface area contributed by atoms with Gasteiger partial charge < -0.3 is 20.4 Å². The quantitative estimate of drug-likeness (QED) is 0.592. The first-order chi connectivity index (χ1) is 16.0. The maximum atomic E-state index is 12.9. The Morgan fingerprint density at radius 3 is 2.61 bits per heavy atom. The van der Waals surface area contributed by atoms with Gasteiger partial charge in [-0.25, -0.2) is 4.98 Å². The van der Waals surface area contributed by atoms with Gasteiger partial charge in [-0.15, -0.1) is 11.3 Å². The zero-order valence-corrected chi connectivity index (χ0v) is 20.5. The van der Waals surface area contributed by atoms with E-state index < -0.39 is 0 Å². The van der Waals surface area contributed by atoms with E-state index in [0.717, 1.165) is 25.2 Å². The number of carbonyl (C=O) groups excluding carboxylic acids is 2. The molecule has 2 aromatic rings. The van der Waals surface area contributed by atoms with E-state index in [4.69, 9.17) is 11.6 Å². The van der Waals surface area contributed by atoms with E-state index in [1.165, 1.54) is 24.2 Å². The smallest absolute Gasteiger partial charge is 0.273 e. The van der Waals surface area contributed by atoms with Crippen LogP contribution in [0.25, 0.3) is 0 Å². The predicted molar refractivity (Wildman–Crippen MR) is 132 cm³/mol. The van der Waals surface area contributed by atoms with Gasteiger partial charge in [-0.05, 0) is 57.1 Å². The molecule has 1 atom stereocenters. The summed E-state index contributed by atoms with van der Waals surface area (Å²) in [5, 5.41) is 9.37. The summed E-state index contributed by atoms with van der Waals surface area (Å²) in [5.41, 5.74) is 1.31. The Morgan fingerprint density at radius 1 is 1.15 bits per heavy atom. The molecule has 0 radical (unpaired) electrons. The van der Waals surface area contributed by atoms with Crippen LogP contribution in [0.3, 0.4) is 0 Å². The lowest BCUT2D eigenvalue weighted by atomic mass is 10.1. The fourth-order valence-corrected chi connectivity index (χ4v) is 5.17. The molecule has 0 saturated carbocycles. The molecule has 10 heteroatoms. The third-order valence-corrected chi connectivity index (χ3v) is 7.33. The van der Waals surface area contributed by atoms with Crippen molar-refractivity contribution in [2.24, 2.45) is 0 Å². The summed E-state index contributed by atoms with van der Waals surface area (Å²) in [4.78, 5) is 35.9. The topological polar surface area (TPSA) is 80.8 Å². The van der Waals surface area contributed by atoms with Gasteiger partial charge in [0.2, 0.25) is 5.91 Å². The van der Waals surface area contributed by atoms with Gasteiger partial charge in [0.05, 0.1) is 6.54 Å². The molecular weight excluding hydrogens is 460 g/mol. The predicted octanol–water partition coefficient (Wildman–Crippen LogP) is 2.90. The molecule has 178 valence electrons. The van der Waals surface area contributed by atoms with Gasteiger partial charge in [-0.3, -0.25) is 14.5 Å². The fourth-order valence-electron chi connectivity index (χ4n) is 4.34. The Hall–Kier alpha value is -2.20. The minimum Gasteiger partial charge on any atom is -0.355 e. The van der Waals surface area contributed by atoms with Gasteiger partial charge >= 0.3 is 0 Å². The Bertz CT molecular complexity index is 945. The van der Waals surface area contributed by atoms with Gasteiger partial charge in [-0.1, -0.05) is 11.6 Å². The number of rotatable bonds is 8. The van der Waals surface area contributed by atoms with Crippen LogP contribution in [0.2, 0.25) is 5.02 Å². The van der Waals surface area contributed by atoms with Crippen LogP contribution in [0.1, 0.15) is 29.8 Å². The molecule has 2 aliphatic heterocycles. The summed E-state index contributed by atoms with van der Waals surface area (Å²) >= 11 is 7.32. The highest BCUT2D eigenvalue weighted by molar-refractivity contribution is 7.14. The lowest BCUT2D eigenvalue weighted by molar-refractivity contribution is -0.122. The number of amides is 2. The number of halogens is 1. The Morgan fingerprint density at radius 2 is 1.91 bits per heavy atom. The van der Waals surface area contributed by atoms with E-state index in [2.05, 4.69) is 32.5 Å². The molecule has 2 fully saturated rings. The number of nitrogens with zero attached hydrogens (tertiary/aromatic N) is 4. The first-order valence-electron chi connectivity index (χ1n) is 11.4. The highest BCUT2D eigenvalue weighted by Gasteiger charge is 2.25. The lowest BCUT2D eigenvalue weighted by Gasteiger charge is -2.34. The van der Waals surface area contributed by atoms with Gasteiger partial charge in [0.25, 0.3) is 5.91 Å². The number of likely N-dealkylation sites (tertiary alicyclic amines) is 1. The molecular formula is C23H31ClN6O2S. The molecule has 2 saturated heterocycles. The van der Waals surface area contributed by atoms with Gasteiger partial charge in [0, 0.05) is 54.9 Å². The van der Waals surface area contributed by atoms with Crippen molar-refractivity contribution in [3.8, 4) is 0 Å². The Kier molecular flexibility index (Phi) is 8.19. The second-order valence-corrected chi connectivity index (χ2v) is 9.95. The van der Waals surface area contributed by atoms with E-state index in [1.807, 2.05) is 17.0 Å². The van der Waals surface area contributed by atoms with Crippen LogP contribution >= 0.6 is 22.9 Å². The summed E-state index contributed by atoms with van der Waals surface area (Å²) in [6.07, 6.45) is 3.48. The van der Waals surface area contributed by atoms with Crippen molar-refractivity contribution in [2.45, 2.75) is 25.3 Å². The number of piperazine rings is 1. The van der Waals surface area contributed by atoms with Crippen molar-refractivity contribution < 1.29 is 9.59 Å². The minimum atomic E-state index is -0.0693. The zero-order valence-electron chi connectivity index (χ0n) is 18.9. The number of thiazole rings is 1. The number of hydrogen-bond donors (Lipinski definition) is 2. The summed E-state index contributed by atoms with van der Waals surface area (Å²) in [6.45, 7) is 4.82. The lowest BCUT2D eigenvalue weighted by Crippen LogP contribution is -2.51. The monoisotopic (exact) mass is 490 g/mol. The standard InChI is InChI=1S/C23H31ClN6O2S/c1-28-10-2-3-19(28)8-9-25-21(31)15-29-11-13-30(14-12-29)22(32)20-16-33-23(27-20)26-18-6-4-17(24)5-7-18/h4-7,16,19H,2-3,8-15H2,1H3,(H,25,31)(H,26,27). The highest BCUT2D eigenvalue weighted by atomic mass is 35.5. The van der Waals surface area contributed by atoms with E-state index >= 15 is 0 Å². The van der Waals surface area contributed by atoms with Gasteiger partial charge in [0.15, 0.2) is 5.13 Å². The summed E-state index contributed by atoms with van der Waals surface area (Å²) in [7, 11) is 2.16.